The van der Waals surface area contributed by atoms with E-state index >= 15 is 0 Å². The second-order valence-corrected chi connectivity index (χ2v) is 5.61. The van der Waals surface area contributed by atoms with E-state index < -0.39 is 0 Å². The maximum atomic E-state index is 12.9. The summed E-state index contributed by atoms with van der Waals surface area (Å²) in [6, 6.07) is 4.43. The number of nitrogens with two attached hydrogens (primary N) is 1. The number of hydrogen-bond donors (Lipinski definition) is 1. The van der Waals surface area contributed by atoms with Gasteiger partial charge >= 0.3 is 0 Å². The van der Waals surface area contributed by atoms with Crippen molar-refractivity contribution < 1.29 is 9.13 Å². The molecule has 1 atom stereocenters. The molecular weight excluding hydrogens is 253 g/mol. The lowest BCUT2D eigenvalue weighted by Crippen LogP contribution is -2.29. The quantitative estimate of drug-likeness (QED) is 0.860. The summed E-state index contributed by atoms with van der Waals surface area (Å²) in [5.74, 6) is -0.321. The van der Waals surface area contributed by atoms with Gasteiger partial charge in [0.2, 0.25) is 0 Å². The van der Waals surface area contributed by atoms with Crippen LogP contribution in [0.3, 0.4) is 0 Å². The summed E-state index contributed by atoms with van der Waals surface area (Å²) in [5, 5.41) is 0.441. The minimum Gasteiger partial charge on any atom is -0.379 e. The number of halogens is 2. The molecule has 0 aliphatic heterocycles. The van der Waals surface area contributed by atoms with Crippen molar-refractivity contribution in [1.82, 2.24) is 0 Å². The van der Waals surface area contributed by atoms with Crippen LogP contribution in [0, 0.1) is 5.82 Å². The first kappa shape index (κ1) is 15.4. The molecule has 1 aromatic rings. The molecular formula is C14H21ClFNO. The SMILES string of the molecule is COC(C)(C)CCC(N)Cc1ccc(F)cc1Cl. The predicted octanol–water partition coefficient (Wildman–Crippen LogP) is 3.55. The Morgan fingerprint density at radius 3 is 2.67 bits per heavy atom. The first-order chi connectivity index (χ1) is 8.34. The van der Waals surface area contributed by atoms with Crippen molar-refractivity contribution in [2.24, 2.45) is 5.73 Å². The van der Waals surface area contributed by atoms with Crippen LogP contribution in [0.4, 0.5) is 4.39 Å². The third kappa shape index (κ3) is 4.92. The van der Waals surface area contributed by atoms with Crippen LogP contribution in [0.15, 0.2) is 18.2 Å². The maximum absolute atomic E-state index is 12.9. The summed E-state index contributed by atoms with van der Waals surface area (Å²) >= 11 is 5.97. The molecule has 0 spiro atoms. The fraction of sp³-hybridized carbons (Fsp3) is 0.571. The maximum Gasteiger partial charge on any atom is 0.124 e. The molecule has 0 aromatic heterocycles. The van der Waals surface area contributed by atoms with Gasteiger partial charge in [-0.1, -0.05) is 17.7 Å². The normalized spacial score (nSPS) is 13.7. The second kappa shape index (κ2) is 6.50. The van der Waals surface area contributed by atoms with Gasteiger partial charge in [0.05, 0.1) is 5.60 Å². The van der Waals surface area contributed by atoms with Gasteiger partial charge in [-0.05, 0) is 50.8 Å². The molecule has 0 aliphatic rings. The Kier molecular flexibility index (Phi) is 5.57. The van der Waals surface area contributed by atoms with Crippen LogP contribution in [-0.2, 0) is 11.2 Å². The van der Waals surface area contributed by atoms with Gasteiger partial charge in [-0.3, -0.25) is 0 Å². The summed E-state index contributed by atoms with van der Waals surface area (Å²) in [4.78, 5) is 0. The lowest BCUT2D eigenvalue weighted by Gasteiger charge is -2.24. The first-order valence-electron chi connectivity index (χ1n) is 6.09. The summed E-state index contributed by atoms with van der Waals surface area (Å²) in [6.45, 7) is 4.06. The van der Waals surface area contributed by atoms with Crippen LogP contribution in [0.25, 0.3) is 0 Å². The molecule has 1 unspecified atom stereocenters. The Labute approximate surface area is 113 Å². The van der Waals surface area contributed by atoms with E-state index in [1.165, 1.54) is 12.1 Å². The molecule has 18 heavy (non-hydrogen) atoms. The van der Waals surface area contributed by atoms with Crippen molar-refractivity contribution in [2.75, 3.05) is 7.11 Å². The van der Waals surface area contributed by atoms with Crippen molar-refractivity contribution >= 4 is 11.6 Å². The van der Waals surface area contributed by atoms with Crippen LogP contribution in [0.5, 0.6) is 0 Å². The molecule has 0 aliphatic carbocycles. The lowest BCUT2D eigenvalue weighted by molar-refractivity contribution is 0.0125. The Morgan fingerprint density at radius 2 is 2.11 bits per heavy atom. The van der Waals surface area contributed by atoms with Gasteiger partial charge in [0.25, 0.3) is 0 Å². The average molecular weight is 274 g/mol. The largest absolute Gasteiger partial charge is 0.379 e. The topological polar surface area (TPSA) is 35.2 Å². The molecule has 0 saturated carbocycles. The van der Waals surface area contributed by atoms with Crippen LogP contribution in [0.1, 0.15) is 32.3 Å². The van der Waals surface area contributed by atoms with E-state index in [-0.39, 0.29) is 17.5 Å². The zero-order chi connectivity index (χ0) is 13.8. The van der Waals surface area contributed by atoms with E-state index in [0.717, 1.165) is 18.4 Å². The first-order valence-corrected chi connectivity index (χ1v) is 6.46. The molecule has 1 aromatic carbocycles. The Bertz CT molecular complexity index is 395. The molecule has 0 saturated heterocycles. The molecule has 0 fully saturated rings. The number of methoxy groups -OCH3 is 1. The van der Waals surface area contributed by atoms with Crippen LogP contribution < -0.4 is 5.73 Å². The number of rotatable bonds is 6. The third-order valence-electron chi connectivity index (χ3n) is 3.17. The van der Waals surface area contributed by atoms with E-state index in [1.54, 1.807) is 13.2 Å². The van der Waals surface area contributed by atoms with Crippen molar-refractivity contribution in [3.8, 4) is 0 Å². The summed E-state index contributed by atoms with van der Waals surface area (Å²) in [5.41, 5.74) is 6.79. The summed E-state index contributed by atoms with van der Waals surface area (Å²) < 4.78 is 18.2. The van der Waals surface area contributed by atoms with E-state index in [9.17, 15) is 4.39 Å². The second-order valence-electron chi connectivity index (χ2n) is 5.20. The molecule has 1 rings (SSSR count). The molecule has 0 heterocycles. The molecule has 2 N–H and O–H groups in total. The summed E-state index contributed by atoms with van der Waals surface area (Å²) in [6.07, 6.45) is 2.37. The number of benzene rings is 1. The van der Waals surface area contributed by atoms with Gasteiger partial charge in [0.1, 0.15) is 5.82 Å². The monoisotopic (exact) mass is 273 g/mol. The van der Waals surface area contributed by atoms with Gasteiger partial charge in [-0.15, -0.1) is 0 Å². The number of hydrogen-bond acceptors (Lipinski definition) is 2. The highest BCUT2D eigenvalue weighted by Gasteiger charge is 2.18. The van der Waals surface area contributed by atoms with Gasteiger partial charge in [0, 0.05) is 18.2 Å². The minimum atomic E-state index is -0.321. The van der Waals surface area contributed by atoms with E-state index in [4.69, 9.17) is 22.1 Å². The van der Waals surface area contributed by atoms with Gasteiger partial charge < -0.3 is 10.5 Å². The van der Waals surface area contributed by atoms with Crippen molar-refractivity contribution in [1.29, 1.82) is 0 Å². The lowest BCUT2D eigenvalue weighted by atomic mass is 9.95. The Balaban J connectivity index is 2.52. The summed E-state index contributed by atoms with van der Waals surface area (Å²) in [7, 11) is 1.70. The average Bonchev–Trinajstić information content (AvgIpc) is 2.30. The Hall–Kier alpha value is -0.640. The van der Waals surface area contributed by atoms with E-state index in [1.807, 2.05) is 13.8 Å². The molecule has 4 heteroatoms. The van der Waals surface area contributed by atoms with Gasteiger partial charge in [0.15, 0.2) is 0 Å². The molecule has 0 radical (unpaired) electrons. The van der Waals surface area contributed by atoms with Crippen molar-refractivity contribution in [3.63, 3.8) is 0 Å². The highest BCUT2D eigenvalue weighted by atomic mass is 35.5. The highest BCUT2D eigenvalue weighted by Crippen LogP contribution is 2.21. The molecule has 0 amide bonds. The van der Waals surface area contributed by atoms with Crippen LogP contribution in [-0.4, -0.2) is 18.8 Å². The molecule has 0 bridgehead atoms. The predicted molar refractivity (Wildman–Crippen MR) is 73.4 cm³/mol. The fourth-order valence-electron chi connectivity index (χ4n) is 1.71. The fourth-order valence-corrected chi connectivity index (χ4v) is 1.95. The number of ether oxygens (including phenoxy) is 1. The van der Waals surface area contributed by atoms with Crippen LogP contribution >= 0.6 is 11.6 Å². The van der Waals surface area contributed by atoms with Crippen LogP contribution in [0.2, 0.25) is 5.02 Å². The highest BCUT2D eigenvalue weighted by molar-refractivity contribution is 6.31. The van der Waals surface area contributed by atoms with E-state index in [2.05, 4.69) is 0 Å². The third-order valence-corrected chi connectivity index (χ3v) is 3.52. The molecule has 102 valence electrons. The standard InChI is InChI=1S/C14H21ClFNO/c1-14(2,18-3)7-6-12(17)8-10-4-5-11(16)9-13(10)15/h4-5,9,12H,6-8,17H2,1-3H3. The minimum absolute atomic E-state index is 0.00221. The zero-order valence-electron chi connectivity index (χ0n) is 11.2. The molecule has 2 nitrogen and oxygen atoms in total. The van der Waals surface area contributed by atoms with Gasteiger partial charge in [-0.2, -0.15) is 0 Å². The van der Waals surface area contributed by atoms with Gasteiger partial charge in [-0.25, -0.2) is 4.39 Å². The smallest absolute Gasteiger partial charge is 0.124 e. The van der Waals surface area contributed by atoms with E-state index in [0.29, 0.717) is 11.4 Å². The zero-order valence-corrected chi connectivity index (χ0v) is 11.9. The van der Waals surface area contributed by atoms with Crippen molar-refractivity contribution in [3.05, 3.63) is 34.6 Å². The van der Waals surface area contributed by atoms with Crippen molar-refractivity contribution in [2.45, 2.75) is 44.8 Å². The Morgan fingerprint density at radius 1 is 1.44 bits per heavy atom.